The fourth-order valence-electron chi connectivity index (χ4n) is 5.16. The van der Waals surface area contributed by atoms with Crippen molar-refractivity contribution in [2.75, 3.05) is 45.9 Å². The Labute approximate surface area is 187 Å². The van der Waals surface area contributed by atoms with E-state index in [1.165, 1.54) is 17.5 Å². The van der Waals surface area contributed by atoms with Crippen LogP contribution in [-0.4, -0.2) is 73.0 Å². The molecule has 1 aromatic carbocycles. The van der Waals surface area contributed by atoms with Gasteiger partial charge in [-0.2, -0.15) is 13.5 Å². The predicted molar refractivity (Wildman–Crippen MR) is 123 cm³/mol. The summed E-state index contributed by atoms with van der Waals surface area (Å²) in [5, 5.41) is 13.4. The number of fused-ring (bicyclic) bond motifs is 1. The number of nitrogens with one attached hydrogen (secondary N) is 1. The third-order valence-electron chi connectivity index (χ3n) is 6.85. The molecule has 168 valence electrons. The van der Waals surface area contributed by atoms with E-state index in [4.69, 9.17) is 4.74 Å². The van der Waals surface area contributed by atoms with Crippen LogP contribution in [0.4, 0.5) is 4.79 Å². The van der Waals surface area contributed by atoms with Gasteiger partial charge >= 0.3 is 6.03 Å². The molecule has 1 aromatic rings. The van der Waals surface area contributed by atoms with Gasteiger partial charge in [-0.15, -0.1) is 0 Å². The van der Waals surface area contributed by atoms with Crippen LogP contribution in [0.1, 0.15) is 36.8 Å². The van der Waals surface area contributed by atoms with Crippen LogP contribution >= 0.6 is 13.5 Å². The molecule has 3 aliphatic heterocycles. The van der Waals surface area contributed by atoms with E-state index in [1.54, 1.807) is 0 Å². The maximum absolute atomic E-state index is 12.7. The zero-order valence-electron chi connectivity index (χ0n) is 17.9. The van der Waals surface area contributed by atoms with Crippen molar-refractivity contribution in [1.29, 1.82) is 0 Å². The lowest BCUT2D eigenvalue weighted by molar-refractivity contribution is 0.0311. The van der Waals surface area contributed by atoms with Gasteiger partial charge in [0.15, 0.2) is 0 Å². The van der Waals surface area contributed by atoms with Crippen LogP contribution in [0.25, 0.3) is 0 Å². The monoisotopic (exact) mass is 435 g/mol. The number of urea groups is 1. The minimum atomic E-state index is -0.541. The first-order chi connectivity index (χ1) is 14.2. The van der Waals surface area contributed by atoms with Crippen LogP contribution in [0.3, 0.4) is 0 Å². The standard InChI is InChI=1S/C23H35N3O3.H2S/c27-22(17-25-11-7-18-4-1-2-5-20(18)15-25)14-24-23(28)26-10-3-6-21(16-26)19-8-12-29-13-9-19;/h1-2,4-5,19,21-22,27H,3,6-17H2,(H,24,28);1H2/t21?,22-;/m0./s1. The van der Waals surface area contributed by atoms with Gasteiger partial charge in [-0.25, -0.2) is 4.79 Å². The van der Waals surface area contributed by atoms with Gasteiger partial charge in [0.05, 0.1) is 6.10 Å². The highest BCUT2D eigenvalue weighted by molar-refractivity contribution is 7.59. The second-order valence-electron chi connectivity index (χ2n) is 8.89. The third kappa shape index (κ3) is 6.13. The summed E-state index contributed by atoms with van der Waals surface area (Å²) in [5.41, 5.74) is 2.76. The molecule has 0 radical (unpaired) electrons. The number of likely N-dealkylation sites (tertiary alicyclic amines) is 1. The first kappa shape index (κ1) is 23.4. The number of rotatable bonds is 5. The fourth-order valence-corrected chi connectivity index (χ4v) is 5.16. The van der Waals surface area contributed by atoms with E-state index >= 15 is 0 Å². The number of piperidine rings is 1. The molecule has 3 aliphatic rings. The molecule has 0 saturated carbocycles. The molecular formula is C23H37N3O3S. The van der Waals surface area contributed by atoms with Gasteiger partial charge in [0, 0.05) is 52.5 Å². The number of β-amino-alcohol motifs (C(OH)–C–C–N with tert-alkyl or cyclic N) is 1. The molecule has 2 fully saturated rings. The maximum Gasteiger partial charge on any atom is 0.317 e. The summed E-state index contributed by atoms with van der Waals surface area (Å²) in [6.45, 7) is 6.14. The number of aliphatic hydroxyl groups is 1. The van der Waals surface area contributed by atoms with Crippen molar-refractivity contribution in [2.24, 2.45) is 11.8 Å². The normalized spacial score (nSPS) is 23.9. The quantitative estimate of drug-likeness (QED) is 0.745. The minimum Gasteiger partial charge on any atom is -0.390 e. The lowest BCUT2D eigenvalue weighted by Crippen LogP contribution is -2.50. The first-order valence-corrected chi connectivity index (χ1v) is 11.3. The molecule has 3 heterocycles. The SMILES string of the molecule is O=C(NC[C@H](O)CN1CCc2ccccc2C1)N1CCCC(C2CCOCC2)C1.S. The molecule has 6 nitrogen and oxygen atoms in total. The Balaban J connectivity index is 0.00000256. The summed E-state index contributed by atoms with van der Waals surface area (Å²) in [6.07, 6.45) is 5.02. The van der Waals surface area contributed by atoms with Crippen molar-refractivity contribution in [3.05, 3.63) is 35.4 Å². The van der Waals surface area contributed by atoms with Gasteiger partial charge in [-0.1, -0.05) is 24.3 Å². The summed E-state index contributed by atoms with van der Waals surface area (Å²) < 4.78 is 5.49. The van der Waals surface area contributed by atoms with Crippen LogP contribution in [-0.2, 0) is 17.7 Å². The number of amides is 2. The van der Waals surface area contributed by atoms with Crippen LogP contribution in [0, 0.1) is 11.8 Å². The van der Waals surface area contributed by atoms with Gasteiger partial charge in [0.25, 0.3) is 0 Å². The molecule has 2 amide bonds. The Morgan fingerprint density at radius 1 is 1.13 bits per heavy atom. The number of carbonyl (C=O) groups is 1. The smallest absolute Gasteiger partial charge is 0.317 e. The summed E-state index contributed by atoms with van der Waals surface area (Å²) in [7, 11) is 0. The van der Waals surface area contributed by atoms with Gasteiger partial charge in [0.2, 0.25) is 0 Å². The van der Waals surface area contributed by atoms with Crippen molar-refractivity contribution in [1.82, 2.24) is 15.1 Å². The highest BCUT2D eigenvalue weighted by Crippen LogP contribution is 2.30. The molecule has 0 bridgehead atoms. The van der Waals surface area contributed by atoms with Crippen molar-refractivity contribution in [2.45, 2.75) is 44.8 Å². The Morgan fingerprint density at radius 3 is 2.70 bits per heavy atom. The van der Waals surface area contributed by atoms with Crippen LogP contribution in [0.2, 0.25) is 0 Å². The average molecular weight is 436 g/mol. The number of carbonyl (C=O) groups excluding carboxylic acids is 1. The molecule has 30 heavy (non-hydrogen) atoms. The number of nitrogens with zero attached hydrogens (tertiary/aromatic N) is 2. The maximum atomic E-state index is 12.7. The van der Waals surface area contributed by atoms with Gasteiger partial charge < -0.3 is 20.1 Å². The topological polar surface area (TPSA) is 65.0 Å². The van der Waals surface area contributed by atoms with E-state index in [1.807, 2.05) is 4.90 Å². The Bertz CT molecular complexity index is 683. The highest BCUT2D eigenvalue weighted by atomic mass is 32.1. The first-order valence-electron chi connectivity index (χ1n) is 11.3. The largest absolute Gasteiger partial charge is 0.390 e. The van der Waals surface area contributed by atoms with E-state index in [0.717, 1.165) is 65.1 Å². The average Bonchev–Trinajstić information content (AvgIpc) is 2.78. The molecule has 2 saturated heterocycles. The van der Waals surface area contributed by atoms with Crippen LogP contribution < -0.4 is 5.32 Å². The molecule has 2 N–H and O–H groups in total. The van der Waals surface area contributed by atoms with Crippen LogP contribution in [0.15, 0.2) is 24.3 Å². The predicted octanol–water partition coefficient (Wildman–Crippen LogP) is 2.37. The number of hydrogen-bond donors (Lipinski definition) is 2. The molecule has 4 rings (SSSR count). The summed E-state index contributed by atoms with van der Waals surface area (Å²) in [5.74, 6) is 1.28. The zero-order chi connectivity index (χ0) is 20.1. The lowest BCUT2D eigenvalue weighted by Gasteiger charge is -2.38. The van der Waals surface area contributed by atoms with Crippen molar-refractivity contribution in [3.63, 3.8) is 0 Å². The van der Waals surface area contributed by atoms with E-state index in [-0.39, 0.29) is 19.5 Å². The minimum absolute atomic E-state index is 0. The van der Waals surface area contributed by atoms with Gasteiger partial charge in [0.1, 0.15) is 0 Å². The molecule has 0 spiro atoms. The van der Waals surface area contributed by atoms with E-state index in [2.05, 4.69) is 34.5 Å². The number of benzene rings is 1. The number of ether oxygens (including phenoxy) is 1. The van der Waals surface area contributed by atoms with E-state index in [0.29, 0.717) is 24.9 Å². The molecule has 0 aliphatic carbocycles. The summed E-state index contributed by atoms with van der Waals surface area (Å²) in [4.78, 5) is 16.9. The summed E-state index contributed by atoms with van der Waals surface area (Å²) in [6, 6.07) is 8.50. The number of aliphatic hydroxyl groups excluding tert-OH is 1. The molecule has 0 aromatic heterocycles. The highest BCUT2D eigenvalue weighted by Gasteiger charge is 2.30. The summed E-state index contributed by atoms with van der Waals surface area (Å²) >= 11 is 0. The Hall–Kier alpha value is -1.28. The fraction of sp³-hybridized carbons (Fsp3) is 0.696. The third-order valence-corrected chi connectivity index (χ3v) is 6.85. The second kappa shape index (κ2) is 11.4. The Morgan fingerprint density at radius 2 is 1.90 bits per heavy atom. The van der Waals surface area contributed by atoms with Gasteiger partial charge in [-0.05, 0) is 55.1 Å². The van der Waals surface area contributed by atoms with Crippen molar-refractivity contribution >= 4 is 19.5 Å². The lowest BCUT2D eigenvalue weighted by atomic mass is 9.81. The zero-order valence-corrected chi connectivity index (χ0v) is 18.9. The molecule has 2 atom stereocenters. The van der Waals surface area contributed by atoms with Crippen molar-refractivity contribution < 1.29 is 14.6 Å². The Kier molecular flexibility index (Phi) is 8.86. The van der Waals surface area contributed by atoms with E-state index < -0.39 is 6.10 Å². The molecule has 1 unspecified atom stereocenters. The molecule has 7 heteroatoms. The molecular weight excluding hydrogens is 398 g/mol. The van der Waals surface area contributed by atoms with Crippen molar-refractivity contribution in [3.8, 4) is 0 Å². The number of hydrogen-bond acceptors (Lipinski definition) is 4. The van der Waals surface area contributed by atoms with Gasteiger partial charge in [-0.3, -0.25) is 4.90 Å². The van der Waals surface area contributed by atoms with E-state index in [9.17, 15) is 9.90 Å². The van der Waals surface area contributed by atoms with Crippen LogP contribution in [0.5, 0.6) is 0 Å². The second-order valence-corrected chi connectivity index (χ2v) is 8.89.